The van der Waals surface area contributed by atoms with E-state index in [2.05, 4.69) is 27.1 Å². The first kappa shape index (κ1) is 15.4. The Morgan fingerprint density at radius 1 is 1.55 bits per heavy atom. The number of likely N-dealkylation sites (N-methyl/N-ethyl adjacent to an activating group) is 1. The zero-order chi connectivity index (χ0) is 14.5. The van der Waals surface area contributed by atoms with Crippen LogP contribution in [0.3, 0.4) is 0 Å². The molecule has 0 aromatic carbocycles. The summed E-state index contributed by atoms with van der Waals surface area (Å²) < 4.78 is 0. The third-order valence-electron chi connectivity index (χ3n) is 3.36. The maximum Gasteiger partial charge on any atom is 0.223 e. The molecule has 1 unspecified atom stereocenters. The Balaban J connectivity index is 1.94. The molecule has 1 atom stereocenters. The summed E-state index contributed by atoms with van der Waals surface area (Å²) in [6, 6.07) is 0. The molecule has 0 spiro atoms. The van der Waals surface area contributed by atoms with Crippen LogP contribution in [0.15, 0.2) is 6.20 Å². The highest BCUT2D eigenvalue weighted by Crippen LogP contribution is 2.20. The van der Waals surface area contributed by atoms with Crippen molar-refractivity contribution in [3.8, 4) is 0 Å². The number of amides is 1. The minimum atomic E-state index is -0.0948. The van der Waals surface area contributed by atoms with Gasteiger partial charge in [-0.3, -0.25) is 9.69 Å². The highest BCUT2D eigenvalue weighted by Gasteiger charge is 2.21. The molecule has 1 fully saturated rings. The maximum atomic E-state index is 11.0. The van der Waals surface area contributed by atoms with Crippen molar-refractivity contribution in [1.29, 1.82) is 0 Å². The number of nitrogens with one attached hydrogen (secondary N) is 1. The average Bonchev–Trinajstić information content (AvgIpc) is 2.72. The Hall–Kier alpha value is -1.02. The van der Waals surface area contributed by atoms with Crippen molar-refractivity contribution >= 4 is 22.4 Å². The van der Waals surface area contributed by atoms with Gasteiger partial charge < -0.3 is 15.3 Å². The number of anilines is 1. The molecule has 20 heavy (non-hydrogen) atoms. The molecule has 1 amide bonds. The van der Waals surface area contributed by atoms with Crippen LogP contribution in [0.2, 0.25) is 0 Å². The maximum absolute atomic E-state index is 11.0. The molecular weight excluding hydrogens is 276 g/mol. The Labute approximate surface area is 123 Å². The first-order valence-corrected chi connectivity index (χ1v) is 7.62. The zero-order valence-corrected chi connectivity index (χ0v) is 12.8. The fourth-order valence-corrected chi connectivity index (χ4v) is 3.33. The first-order chi connectivity index (χ1) is 9.56. The number of carbonyl (C=O) groups is 1. The van der Waals surface area contributed by atoms with Crippen LogP contribution < -0.4 is 5.32 Å². The second kappa shape index (κ2) is 7.12. The second-order valence-electron chi connectivity index (χ2n) is 5.36. The number of hydrogen-bond acceptors (Lipinski definition) is 6. The average molecular weight is 298 g/mol. The van der Waals surface area contributed by atoms with Gasteiger partial charge in [-0.2, -0.15) is 0 Å². The minimum Gasteiger partial charge on any atom is -0.396 e. The number of nitrogens with zero attached hydrogens (tertiary/aromatic N) is 3. The van der Waals surface area contributed by atoms with E-state index in [0.717, 1.165) is 37.6 Å². The van der Waals surface area contributed by atoms with Crippen molar-refractivity contribution in [3.63, 3.8) is 0 Å². The number of aromatic nitrogens is 1. The molecule has 7 heteroatoms. The monoisotopic (exact) mass is 298 g/mol. The summed E-state index contributed by atoms with van der Waals surface area (Å²) in [6.07, 6.45) is 1.82. The van der Waals surface area contributed by atoms with Gasteiger partial charge in [-0.15, -0.1) is 11.3 Å². The summed E-state index contributed by atoms with van der Waals surface area (Å²) in [5, 5.41) is 12.8. The lowest BCUT2D eigenvalue weighted by atomic mass is 10.1. The standard InChI is InChI=1S/C13H22N4O2S/c1-10(19)15-13-14-5-12(20-13)8-17-4-3-16(2)6-11(7-17)9-18/h5,11,18H,3-4,6-9H2,1-2H3,(H,14,15,19). The summed E-state index contributed by atoms with van der Waals surface area (Å²) in [6.45, 7) is 6.36. The quantitative estimate of drug-likeness (QED) is 0.845. The number of aliphatic hydroxyl groups excluding tert-OH is 1. The second-order valence-corrected chi connectivity index (χ2v) is 6.47. The van der Waals surface area contributed by atoms with Crippen molar-refractivity contribution in [1.82, 2.24) is 14.8 Å². The summed E-state index contributed by atoms with van der Waals surface area (Å²) in [7, 11) is 2.09. The van der Waals surface area contributed by atoms with Crippen molar-refractivity contribution in [2.24, 2.45) is 5.92 Å². The highest BCUT2D eigenvalue weighted by atomic mass is 32.1. The van der Waals surface area contributed by atoms with E-state index in [1.165, 1.54) is 18.3 Å². The predicted molar refractivity (Wildman–Crippen MR) is 79.8 cm³/mol. The van der Waals surface area contributed by atoms with Crippen LogP contribution in [0, 0.1) is 5.92 Å². The van der Waals surface area contributed by atoms with Crippen LogP contribution in [0.25, 0.3) is 0 Å². The molecule has 2 rings (SSSR count). The van der Waals surface area contributed by atoms with Crippen LogP contribution in [0.1, 0.15) is 11.8 Å². The number of hydrogen-bond donors (Lipinski definition) is 2. The Kier molecular flexibility index (Phi) is 5.47. The van der Waals surface area contributed by atoms with Gasteiger partial charge in [0, 0.05) is 63.2 Å². The van der Waals surface area contributed by atoms with Gasteiger partial charge in [-0.05, 0) is 7.05 Å². The smallest absolute Gasteiger partial charge is 0.223 e. The van der Waals surface area contributed by atoms with Crippen molar-refractivity contribution in [2.75, 3.05) is 45.2 Å². The zero-order valence-electron chi connectivity index (χ0n) is 12.0. The molecule has 2 N–H and O–H groups in total. The predicted octanol–water partition coefficient (Wildman–Crippen LogP) is 0.457. The molecule has 1 aliphatic heterocycles. The molecule has 1 aromatic rings. The summed E-state index contributed by atoms with van der Waals surface area (Å²) in [4.78, 5) is 20.9. The lowest BCUT2D eigenvalue weighted by Gasteiger charge is -2.21. The molecule has 6 nitrogen and oxygen atoms in total. The molecular formula is C13H22N4O2S. The number of aliphatic hydroxyl groups is 1. The molecule has 0 radical (unpaired) electrons. The van der Waals surface area contributed by atoms with Gasteiger partial charge in [-0.25, -0.2) is 4.98 Å². The van der Waals surface area contributed by atoms with Crippen LogP contribution in [0.4, 0.5) is 5.13 Å². The Morgan fingerprint density at radius 2 is 2.35 bits per heavy atom. The van der Waals surface area contributed by atoms with E-state index < -0.39 is 0 Å². The van der Waals surface area contributed by atoms with Gasteiger partial charge in [0.1, 0.15) is 0 Å². The van der Waals surface area contributed by atoms with Gasteiger partial charge in [0.25, 0.3) is 0 Å². The van der Waals surface area contributed by atoms with Crippen molar-refractivity contribution in [3.05, 3.63) is 11.1 Å². The number of carbonyl (C=O) groups excluding carboxylic acids is 1. The van der Waals surface area contributed by atoms with Gasteiger partial charge in [-0.1, -0.05) is 0 Å². The molecule has 2 heterocycles. The Bertz CT molecular complexity index is 451. The van der Waals surface area contributed by atoms with Crippen LogP contribution in [-0.4, -0.2) is 65.6 Å². The third kappa shape index (κ3) is 4.52. The molecule has 0 saturated carbocycles. The van der Waals surface area contributed by atoms with Gasteiger partial charge >= 0.3 is 0 Å². The highest BCUT2D eigenvalue weighted by molar-refractivity contribution is 7.15. The van der Waals surface area contributed by atoms with Crippen molar-refractivity contribution < 1.29 is 9.90 Å². The van der Waals surface area contributed by atoms with E-state index in [0.29, 0.717) is 11.0 Å². The van der Waals surface area contributed by atoms with E-state index in [9.17, 15) is 9.90 Å². The van der Waals surface area contributed by atoms with Crippen LogP contribution in [-0.2, 0) is 11.3 Å². The molecule has 0 aliphatic carbocycles. The minimum absolute atomic E-state index is 0.0948. The number of rotatable bonds is 4. The molecule has 1 aliphatic rings. The molecule has 0 bridgehead atoms. The van der Waals surface area contributed by atoms with Gasteiger partial charge in [0.15, 0.2) is 5.13 Å². The summed E-state index contributed by atoms with van der Waals surface area (Å²) in [5.74, 6) is 0.202. The molecule has 112 valence electrons. The van der Waals surface area contributed by atoms with Gasteiger partial charge in [0.05, 0.1) is 0 Å². The normalized spacial score (nSPS) is 21.6. The van der Waals surface area contributed by atoms with Gasteiger partial charge in [0.2, 0.25) is 5.91 Å². The largest absolute Gasteiger partial charge is 0.396 e. The number of thiazole rings is 1. The fraction of sp³-hybridized carbons (Fsp3) is 0.692. The topological polar surface area (TPSA) is 68.7 Å². The summed E-state index contributed by atoms with van der Waals surface area (Å²) in [5.41, 5.74) is 0. The van der Waals surface area contributed by atoms with Crippen LogP contribution in [0.5, 0.6) is 0 Å². The van der Waals surface area contributed by atoms with E-state index in [4.69, 9.17) is 0 Å². The van der Waals surface area contributed by atoms with E-state index in [-0.39, 0.29) is 12.5 Å². The lowest BCUT2D eigenvalue weighted by molar-refractivity contribution is -0.114. The first-order valence-electron chi connectivity index (χ1n) is 6.81. The SMILES string of the molecule is CC(=O)Nc1ncc(CN2CCN(C)CC(CO)C2)s1. The fourth-order valence-electron chi connectivity index (χ4n) is 2.43. The lowest BCUT2D eigenvalue weighted by Crippen LogP contribution is -2.30. The van der Waals surface area contributed by atoms with Crippen molar-refractivity contribution in [2.45, 2.75) is 13.5 Å². The van der Waals surface area contributed by atoms with E-state index in [1.807, 2.05) is 6.20 Å². The Morgan fingerprint density at radius 3 is 3.05 bits per heavy atom. The molecule has 1 saturated heterocycles. The third-order valence-corrected chi connectivity index (χ3v) is 4.26. The van der Waals surface area contributed by atoms with E-state index >= 15 is 0 Å². The van der Waals surface area contributed by atoms with E-state index in [1.54, 1.807) is 0 Å². The van der Waals surface area contributed by atoms with Crippen LogP contribution >= 0.6 is 11.3 Å². The summed E-state index contributed by atoms with van der Waals surface area (Å²) >= 11 is 1.51. The molecule has 1 aromatic heterocycles.